The van der Waals surface area contributed by atoms with Crippen LogP contribution in [0.4, 0.5) is 0 Å². The Morgan fingerprint density at radius 1 is 1.47 bits per heavy atom. The molecule has 4 heteroatoms. The first kappa shape index (κ1) is 12.6. The monoisotopic (exact) mass is 237 g/mol. The van der Waals surface area contributed by atoms with Crippen LogP contribution in [0.5, 0.6) is 0 Å². The highest BCUT2D eigenvalue weighted by Crippen LogP contribution is 2.16. The summed E-state index contributed by atoms with van der Waals surface area (Å²) in [7, 11) is 2.00. The minimum atomic E-state index is 0.386. The van der Waals surface area contributed by atoms with Crippen LogP contribution in [0.15, 0.2) is 0 Å². The number of nitrogens with one attached hydrogen (secondary N) is 1. The lowest BCUT2D eigenvalue weighted by molar-refractivity contribution is 0.0130. The lowest BCUT2D eigenvalue weighted by Crippen LogP contribution is -2.37. The molecular formula is C13H23N3O. The number of hydrogen-bond acceptors (Lipinski definition) is 3. The molecule has 0 spiro atoms. The molecular weight excluding hydrogens is 214 g/mol. The van der Waals surface area contributed by atoms with Gasteiger partial charge in [-0.2, -0.15) is 5.10 Å². The van der Waals surface area contributed by atoms with Crippen LogP contribution < -0.4 is 5.32 Å². The van der Waals surface area contributed by atoms with Crippen molar-refractivity contribution in [2.24, 2.45) is 7.05 Å². The Kier molecular flexibility index (Phi) is 3.84. The molecule has 2 atom stereocenters. The summed E-state index contributed by atoms with van der Waals surface area (Å²) in [5.74, 6) is 0. The summed E-state index contributed by atoms with van der Waals surface area (Å²) in [6, 6.07) is 0.581. The topological polar surface area (TPSA) is 39.1 Å². The molecule has 0 amide bonds. The van der Waals surface area contributed by atoms with E-state index in [9.17, 15) is 0 Å². The average Bonchev–Trinajstić information content (AvgIpc) is 2.51. The lowest BCUT2D eigenvalue weighted by atomic mass is 10.0. The summed E-state index contributed by atoms with van der Waals surface area (Å²) in [6.07, 6.45) is 2.61. The smallest absolute Gasteiger partial charge is 0.0641 e. The number of aryl methyl sites for hydroxylation is 2. The maximum absolute atomic E-state index is 5.56. The molecule has 1 aliphatic heterocycles. The maximum atomic E-state index is 5.56. The minimum absolute atomic E-state index is 0.386. The molecule has 0 aromatic carbocycles. The van der Waals surface area contributed by atoms with E-state index >= 15 is 0 Å². The molecule has 0 bridgehead atoms. The fraction of sp³-hybridized carbons (Fsp3) is 0.769. The van der Waals surface area contributed by atoms with E-state index in [-0.39, 0.29) is 0 Å². The van der Waals surface area contributed by atoms with Crippen molar-refractivity contribution >= 4 is 0 Å². The summed E-state index contributed by atoms with van der Waals surface area (Å²) in [6.45, 7) is 8.15. The van der Waals surface area contributed by atoms with Crippen LogP contribution in [0.3, 0.4) is 0 Å². The van der Waals surface area contributed by atoms with Crippen molar-refractivity contribution in [1.29, 1.82) is 0 Å². The van der Waals surface area contributed by atoms with Crippen molar-refractivity contribution in [3.8, 4) is 0 Å². The molecule has 1 aromatic rings. The van der Waals surface area contributed by atoms with Gasteiger partial charge in [0.1, 0.15) is 0 Å². The Bertz CT molecular complexity index is 386. The molecule has 4 nitrogen and oxygen atoms in total. The summed E-state index contributed by atoms with van der Waals surface area (Å²) < 4.78 is 7.51. The van der Waals surface area contributed by atoms with Gasteiger partial charge in [0.2, 0.25) is 0 Å². The highest BCUT2D eigenvalue weighted by molar-refractivity contribution is 5.24. The second-order valence-electron chi connectivity index (χ2n) is 5.06. The third-order valence-electron chi connectivity index (χ3n) is 3.71. The highest BCUT2D eigenvalue weighted by atomic mass is 16.5. The van der Waals surface area contributed by atoms with Crippen molar-refractivity contribution in [3.05, 3.63) is 17.0 Å². The van der Waals surface area contributed by atoms with Crippen molar-refractivity contribution in [1.82, 2.24) is 15.1 Å². The molecule has 2 heterocycles. The van der Waals surface area contributed by atoms with Gasteiger partial charge in [0.25, 0.3) is 0 Å². The van der Waals surface area contributed by atoms with E-state index in [0.717, 1.165) is 31.7 Å². The molecule has 2 rings (SSSR count). The van der Waals surface area contributed by atoms with Gasteiger partial charge in [0.15, 0.2) is 0 Å². The third kappa shape index (κ3) is 2.87. The third-order valence-corrected chi connectivity index (χ3v) is 3.71. The first-order valence-electron chi connectivity index (χ1n) is 6.42. The zero-order valence-electron chi connectivity index (χ0n) is 11.3. The van der Waals surface area contributed by atoms with Crippen LogP contribution >= 0.6 is 0 Å². The molecule has 96 valence electrons. The summed E-state index contributed by atoms with van der Waals surface area (Å²) in [4.78, 5) is 0. The SMILES string of the molecule is Cc1nn(C)c(C)c1CNC1CCOC(C)C1. The molecule has 1 aliphatic rings. The second kappa shape index (κ2) is 5.19. The predicted octanol–water partition coefficient (Wildman–Crippen LogP) is 1.69. The second-order valence-corrected chi connectivity index (χ2v) is 5.06. The van der Waals surface area contributed by atoms with Gasteiger partial charge in [-0.15, -0.1) is 0 Å². The Morgan fingerprint density at radius 2 is 2.24 bits per heavy atom. The molecule has 1 saturated heterocycles. The standard InChI is InChI=1S/C13H23N3O/c1-9-7-12(5-6-17-9)14-8-13-10(2)15-16(4)11(13)3/h9,12,14H,5-8H2,1-4H3. The normalized spacial score (nSPS) is 25.2. The van der Waals surface area contributed by atoms with Crippen molar-refractivity contribution < 1.29 is 4.74 Å². The number of hydrogen-bond donors (Lipinski definition) is 1. The van der Waals surface area contributed by atoms with Gasteiger partial charge in [0.05, 0.1) is 11.8 Å². The van der Waals surface area contributed by atoms with Crippen LogP contribution in [-0.2, 0) is 18.3 Å². The van der Waals surface area contributed by atoms with Crippen LogP contribution in [0, 0.1) is 13.8 Å². The van der Waals surface area contributed by atoms with Crippen LogP contribution in [0.2, 0.25) is 0 Å². The Morgan fingerprint density at radius 3 is 2.82 bits per heavy atom. The van der Waals surface area contributed by atoms with E-state index in [2.05, 4.69) is 31.2 Å². The molecule has 0 saturated carbocycles. The summed E-state index contributed by atoms with van der Waals surface area (Å²) >= 11 is 0. The zero-order valence-corrected chi connectivity index (χ0v) is 11.3. The first-order chi connectivity index (χ1) is 8.08. The molecule has 0 aliphatic carbocycles. The van der Waals surface area contributed by atoms with Gasteiger partial charge in [-0.3, -0.25) is 4.68 Å². The van der Waals surface area contributed by atoms with E-state index in [1.54, 1.807) is 0 Å². The van der Waals surface area contributed by atoms with Crippen LogP contribution in [-0.4, -0.2) is 28.5 Å². The molecule has 1 N–H and O–H groups in total. The van der Waals surface area contributed by atoms with Gasteiger partial charge in [-0.25, -0.2) is 0 Å². The average molecular weight is 237 g/mol. The van der Waals surface area contributed by atoms with Gasteiger partial charge < -0.3 is 10.1 Å². The van der Waals surface area contributed by atoms with Crippen LogP contribution in [0.25, 0.3) is 0 Å². The predicted molar refractivity (Wildman–Crippen MR) is 68.0 cm³/mol. The van der Waals surface area contributed by atoms with E-state index in [4.69, 9.17) is 4.74 Å². The highest BCUT2D eigenvalue weighted by Gasteiger charge is 2.19. The van der Waals surface area contributed by atoms with E-state index in [0.29, 0.717) is 12.1 Å². The molecule has 1 fully saturated rings. The molecule has 17 heavy (non-hydrogen) atoms. The number of aromatic nitrogens is 2. The van der Waals surface area contributed by atoms with Gasteiger partial charge >= 0.3 is 0 Å². The van der Waals surface area contributed by atoms with Crippen molar-refractivity contribution in [2.75, 3.05) is 6.61 Å². The fourth-order valence-electron chi connectivity index (χ4n) is 2.50. The van der Waals surface area contributed by atoms with Gasteiger partial charge in [-0.05, 0) is 33.6 Å². The Labute approximate surface area is 103 Å². The first-order valence-corrected chi connectivity index (χ1v) is 6.42. The van der Waals surface area contributed by atoms with Crippen molar-refractivity contribution in [3.63, 3.8) is 0 Å². The Hall–Kier alpha value is -0.870. The van der Waals surface area contributed by atoms with E-state index in [1.165, 1.54) is 11.3 Å². The summed E-state index contributed by atoms with van der Waals surface area (Å²) in [5, 5.41) is 8.07. The minimum Gasteiger partial charge on any atom is -0.378 e. The molecule has 2 unspecified atom stereocenters. The zero-order chi connectivity index (χ0) is 12.4. The quantitative estimate of drug-likeness (QED) is 0.869. The number of ether oxygens (including phenoxy) is 1. The number of nitrogens with zero attached hydrogens (tertiary/aromatic N) is 2. The Balaban J connectivity index is 1.93. The lowest BCUT2D eigenvalue weighted by Gasteiger charge is -2.28. The van der Waals surface area contributed by atoms with E-state index < -0.39 is 0 Å². The maximum Gasteiger partial charge on any atom is 0.0641 e. The van der Waals surface area contributed by atoms with Gasteiger partial charge in [0, 0.05) is 37.5 Å². The molecule has 0 radical (unpaired) electrons. The van der Waals surface area contributed by atoms with Crippen molar-refractivity contribution in [2.45, 2.75) is 52.3 Å². The van der Waals surface area contributed by atoms with Gasteiger partial charge in [-0.1, -0.05) is 0 Å². The fourth-order valence-corrected chi connectivity index (χ4v) is 2.50. The largest absolute Gasteiger partial charge is 0.378 e. The van der Waals surface area contributed by atoms with E-state index in [1.807, 2.05) is 11.7 Å². The molecule has 1 aromatic heterocycles. The number of rotatable bonds is 3. The van der Waals surface area contributed by atoms with Crippen LogP contribution in [0.1, 0.15) is 36.7 Å². The summed E-state index contributed by atoms with van der Waals surface area (Å²) in [5.41, 5.74) is 3.74.